The molecular formula is C17H20ClN3OS. The Morgan fingerprint density at radius 1 is 1.35 bits per heavy atom. The number of halogens is 1. The van der Waals surface area contributed by atoms with Crippen LogP contribution in [0.5, 0.6) is 0 Å². The lowest BCUT2D eigenvalue weighted by Gasteiger charge is -2.18. The van der Waals surface area contributed by atoms with Gasteiger partial charge in [-0.25, -0.2) is 0 Å². The Hall–Kier alpha value is -1.46. The number of hydrogen-bond acceptors (Lipinski definition) is 4. The van der Waals surface area contributed by atoms with Crippen LogP contribution < -0.4 is 5.32 Å². The summed E-state index contributed by atoms with van der Waals surface area (Å²) in [5.41, 5.74) is 2.15. The molecule has 2 atom stereocenters. The molecule has 1 aromatic carbocycles. The van der Waals surface area contributed by atoms with E-state index in [1.807, 2.05) is 18.2 Å². The van der Waals surface area contributed by atoms with Gasteiger partial charge in [0.15, 0.2) is 0 Å². The Morgan fingerprint density at radius 2 is 2.09 bits per heavy atom. The SMILES string of the molecule is CC1Cc2c(Cl)cccc2C1NC(=O)c1nnc(C(C)(C)C)s1. The first kappa shape index (κ1) is 16.4. The van der Waals surface area contributed by atoms with E-state index in [-0.39, 0.29) is 17.4 Å². The second-order valence-corrected chi connectivity index (χ2v) is 8.49. The van der Waals surface area contributed by atoms with E-state index in [2.05, 4.69) is 43.2 Å². The molecule has 6 heteroatoms. The molecule has 1 aliphatic rings. The summed E-state index contributed by atoms with van der Waals surface area (Å²) < 4.78 is 0. The predicted octanol–water partition coefficient (Wildman–Crippen LogP) is 4.15. The number of aromatic nitrogens is 2. The van der Waals surface area contributed by atoms with Gasteiger partial charge in [0.05, 0.1) is 6.04 Å². The highest BCUT2D eigenvalue weighted by molar-refractivity contribution is 7.13. The van der Waals surface area contributed by atoms with Crippen molar-refractivity contribution in [2.24, 2.45) is 5.92 Å². The monoisotopic (exact) mass is 349 g/mol. The lowest BCUT2D eigenvalue weighted by atomic mass is 9.98. The summed E-state index contributed by atoms with van der Waals surface area (Å²) in [6.45, 7) is 8.31. The zero-order chi connectivity index (χ0) is 16.8. The number of nitrogens with zero attached hydrogens (tertiary/aromatic N) is 2. The highest BCUT2D eigenvalue weighted by Crippen LogP contribution is 2.39. The molecule has 4 nitrogen and oxygen atoms in total. The van der Waals surface area contributed by atoms with Crippen LogP contribution >= 0.6 is 22.9 Å². The molecule has 0 radical (unpaired) electrons. The fraction of sp³-hybridized carbons (Fsp3) is 0.471. The zero-order valence-electron chi connectivity index (χ0n) is 13.7. The Labute approximate surface area is 145 Å². The maximum Gasteiger partial charge on any atom is 0.282 e. The van der Waals surface area contributed by atoms with Gasteiger partial charge in [-0.15, -0.1) is 10.2 Å². The van der Waals surface area contributed by atoms with Crippen molar-refractivity contribution < 1.29 is 4.79 Å². The number of nitrogens with one attached hydrogen (secondary N) is 1. The maximum absolute atomic E-state index is 12.5. The Bertz CT molecular complexity index is 751. The molecule has 1 N–H and O–H groups in total. The van der Waals surface area contributed by atoms with Gasteiger partial charge in [0.1, 0.15) is 5.01 Å². The fourth-order valence-electron chi connectivity index (χ4n) is 2.87. The third kappa shape index (κ3) is 3.12. The van der Waals surface area contributed by atoms with Crippen molar-refractivity contribution in [3.63, 3.8) is 0 Å². The third-order valence-corrected chi connectivity index (χ3v) is 5.83. The van der Waals surface area contributed by atoms with Crippen molar-refractivity contribution in [2.45, 2.75) is 45.6 Å². The minimum absolute atomic E-state index is 0.0295. The van der Waals surface area contributed by atoms with E-state index >= 15 is 0 Å². The average molecular weight is 350 g/mol. The van der Waals surface area contributed by atoms with Gasteiger partial charge in [-0.05, 0) is 29.5 Å². The van der Waals surface area contributed by atoms with Crippen molar-refractivity contribution in [1.29, 1.82) is 0 Å². The molecule has 0 saturated carbocycles. The quantitative estimate of drug-likeness (QED) is 0.886. The number of hydrogen-bond donors (Lipinski definition) is 1. The largest absolute Gasteiger partial charge is 0.343 e. The van der Waals surface area contributed by atoms with Gasteiger partial charge in [0.2, 0.25) is 5.01 Å². The Balaban J connectivity index is 1.82. The summed E-state index contributed by atoms with van der Waals surface area (Å²) >= 11 is 7.63. The van der Waals surface area contributed by atoms with Crippen molar-refractivity contribution in [2.75, 3.05) is 0 Å². The number of benzene rings is 1. The van der Waals surface area contributed by atoms with Crippen LogP contribution in [0.25, 0.3) is 0 Å². The topological polar surface area (TPSA) is 54.9 Å². The first-order chi connectivity index (χ1) is 10.8. The summed E-state index contributed by atoms with van der Waals surface area (Å²) in [7, 11) is 0. The molecule has 1 aliphatic carbocycles. The van der Waals surface area contributed by atoms with E-state index in [0.717, 1.165) is 27.6 Å². The van der Waals surface area contributed by atoms with E-state index in [9.17, 15) is 4.79 Å². The van der Waals surface area contributed by atoms with E-state index in [4.69, 9.17) is 11.6 Å². The van der Waals surface area contributed by atoms with Crippen LogP contribution in [0.2, 0.25) is 5.02 Å². The molecule has 1 amide bonds. The third-order valence-electron chi connectivity index (χ3n) is 4.13. The molecule has 0 bridgehead atoms. The van der Waals surface area contributed by atoms with Gasteiger partial charge in [-0.2, -0.15) is 0 Å². The molecule has 2 unspecified atom stereocenters. The van der Waals surface area contributed by atoms with Crippen LogP contribution in [0.3, 0.4) is 0 Å². The van der Waals surface area contributed by atoms with Crippen LogP contribution in [0, 0.1) is 5.92 Å². The van der Waals surface area contributed by atoms with E-state index in [1.54, 1.807) is 0 Å². The molecule has 23 heavy (non-hydrogen) atoms. The van der Waals surface area contributed by atoms with Crippen LogP contribution in [-0.4, -0.2) is 16.1 Å². The molecule has 122 valence electrons. The van der Waals surface area contributed by atoms with Gasteiger partial charge < -0.3 is 5.32 Å². The number of rotatable bonds is 2. The predicted molar refractivity (Wildman–Crippen MR) is 93.1 cm³/mol. The molecule has 3 rings (SSSR count). The molecule has 1 heterocycles. The fourth-order valence-corrected chi connectivity index (χ4v) is 3.93. The van der Waals surface area contributed by atoms with Gasteiger partial charge in [-0.3, -0.25) is 4.79 Å². The van der Waals surface area contributed by atoms with Gasteiger partial charge >= 0.3 is 0 Å². The van der Waals surface area contributed by atoms with Crippen molar-refractivity contribution >= 4 is 28.8 Å². The lowest BCUT2D eigenvalue weighted by Crippen LogP contribution is -2.30. The second-order valence-electron chi connectivity index (χ2n) is 7.10. The highest BCUT2D eigenvalue weighted by Gasteiger charge is 2.33. The van der Waals surface area contributed by atoms with Crippen molar-refractivity contribution in [3.8, 4) is 0 Å². The van der Waals surface area contributed by atoms with Crippen LogP contribution in [-0.2, 0) is 11.8 Å². The maximum atomic E-state index is 12.5. The standard InChI is InChI=1S/C17H20ClN3OS/c1-9-8-11-10(6-5-7-12(11)18)13(9)19-14(22)15-20-21-16(23-15)17(2,3)4/h5-7,9,13H,8H2,1-4H3,(H,19,22). The second kappa shape index (κ2) is 5.87. The Morgan fingerprint density at radius 3 is 2.74 bits per heavy atom. The molecular weight excluding hydrogens is 330 g/mol. The van der Waals surface area contributed by atoms with E-state index < -0.39 is 0 Å². The van der Waals surface area contributed by atoms with Gasteiger partial charge in [0.25, 0.3) is 5.91 Å². The molecule has 2 aromatic rings. The first-order valence-electron chi connectivity index (χ1n) is 7.69. The Kier molecular flexibility index (Phi) is 4.19. The highest BCUT2D eigenvalue weighted by atomic mass is 35.5. The number of amides is 1. The van der Waals surface area contributed by atoms with Crippen LogP contribution in [0.15, 0.2) is 18.2 Å². The summed E-state index contributed by atoms with van der Waals surface area (Å²) in [4.78, 5) is 12.5. The number of carbonyl (C=O) groups is 1. The molecule has 0 spiro atoms. The minimum Gasteiger partial charge on any atom is -0.343 e. The summed E-state index contributed by atoms with van der Waals surface area (Å²) in [6.07, 6.45) is 0.878. The molecule has 0 fully saturated rings. The smallest absolute Gasteiger partial charge is 0.282 e. The van der Waals surface area contributed by atoms with Crippen LogP contribution in [0.4, 0.5) is 0 Å². The van der Waals surface area contributed by atoms with E-state index in [0.29, 0.717) is 10.9 Å². The summed E-state index contributed by atoms with van der Waals surface area (Å²) in [5.74, 6) is 0.145. The number of carbonyl (C=O) groups excluding carboxylic acids is 1. The molecule has 1 aromatic heterocycles. The summed E-state index contributed by atoms with van der Waals surface area (Å²) in [5, 5.41) is 13.4. The van der Waals surface area contributed by atoms with Gasteiger partial charge in [-0.1, -0.05) is 62.8 Å². The zero-order valence-corrected chi connectivity index (χ0v) is 15.3. The van der Waals surface area contributed by atoms with Gasteiger partial charge in [0, 0.05) is 10.4 Å². The number of fused-ring (bicyclic) bond motifs is 1. The lowest BCUT2D eigenvalue weighted by molar-refractivity contribution is 0.0926. The minimum atomic E-state index is -0.164. The normalized spacial score (nSPS) is 20.4. The average Bonchev–Trinajstić information content (AvgIpc) is 3.06. The van der Waals surface area contributed by atoms with Crippen LogP contribution in [0.1, 0.15) is 59.7 Å². The van der Waals surface area contributed by atoms with Crippen molar-refractivity contribution in [3.05, 3.63) is 44.4 Å². The first-order valence-corrected chi connectivity index (χ1v) is 8.89. The molecule has 0 saturated heterocycles. The summed E-state index contributed by atoms with van der Waals surface area (Å²) in [6, 6.07) is 5.84. The van der Waals surface area contributed by atoms with Crippen molar-refractivity contribution in [1.82, 2.24) is 15.5 Å². The molecule has 0 aliphatic heterocycles. The van der Waals surface area contributed by atoms with E-state index in [1.165, 1.54) is 11.3 Å².